The highest BCUT2D eigenvalue weighted by Gasteiger charge is 2.31. The van der Waals surface area contributed by atoms with Gasteiger partial charge in [-0.1, -0.05) is 11.6 Å². The molecule has 2 N–H and O–H groups in total. The molecule has 1 aliphatic heterocycles. The molecule has 1 aliphatic rings. The van der Waals surface area contributed by atoms with Crippen LogP contribution in [0.3, 0.4) is 0 Å². The number of hydrogen-bond donors (Lipinski definition) is 1. The Hall–Kier alpha value is -0.490. The van der Waals surface area contributed by atoms with Gasteiger partial charge in [-0.15, -0.1) is 12.4 Å². The van der Waals surface area contributed by atoms with Gasteiger partial charge in [-0.25, -0.2) is 0 Å². The van der Waals surface area contributed by atoms with E-state index < -0.39 is 11.7 Å². The molecule has 0 bridgehead atoms. The summed E-state index contributed by atoms with van der Waals surface area (Å²) in [6.07, 6.45) is -2.35. The van der Waals surface area contributed by atoms with Gasteiger partial charge in [0, 0.05) is 11.6 Å². The van der Waals surface area contributed by atoms with E-state index in [0.29, 0.717) is 24.6 Å². The molecule has 1 fully saturated rings. The summed E-state index contributed by atoms with van der Waals surface area (Å²) in [5.74, 6) is 0.538. The van der Waals surface area contributed by atoms with Crippen LogP contribution in [-0.4, -0.2) is 24.5 Å². The second kappa shape index (κ2) is 7.68. The molecule has 0 saturated carbocycles. The lowest BCUT2D eigenvalue weighted by Crippen LogP contribution is -2.35. The zero-order valence-corrected chi connectivity index (χ0v) is 13.1. The number of halogens is 5. The van der Waals surface area contributed by atoms with E-state index in [4.69, 9.17) is 17.3 Å². The number of nitrogens with zero attached hydrogens (tertiary/aromatic N) is 1. The van der Waals surface area contributed by atoms with Crippen molar-refractivity contribution >= 4 is 24.0 Å². The van der Waals surface area contributed by atoms with Crippen LogP contribution in [0.2, 0.25) is 5.02 Å². The summed E-state index contributed by atoms with van der Waals surface area (Å²) in [5.41, 5.74) is 5.55. The third kappa shape index (κ3) is 5.33. The minimum atomic E-state index is -4.35. The topological polar surface area (TPSA) is 29.3 Å². The molecule has 1 aromatic rings. The highest BCUT2D eigenvalue weighted by Crippen LogP contribution is 2.32. The molecular formula is C14H19Cl2F3N2. The second-order valence-electron chi connectivity index (χ2n) is 5.30. The highest BCUT2D eigenvalue weighted by atomic mass is 35.5. The number of hydrogen-bond acceptors (Lipinski definition) is 2. The lowest BCUT2D eigenvalue weighted by atomic mass is 9.96. The summed E-state index contributed by atoms with van der Waals surface area (Å²) >= 11 is 5.78. The van der Waals surface area contributed by atoms with Crippen LogP contribution in [0.25, 0.3) is 0 Å². The van der Waals surface area contributed by atoms with Crippen molar-refractivity contribution in [3.63, 3.8) is 0 Å². The summed E-state index contributed by atoms with van der Waals surface area (Å²) in [6.45, 7) is 2.93. The van der Waals surface area contributed by atoms with Gasteiger partial charge < -0.3 is 5.73 Å². The van der Waals surface area contributed by atoms with Gasteiger partial charge in [0.15, 0.2) is 0 Å². The van der Waals surface area contributed by atoms with E-state index in [1.54, 1.807) is 6.07 Å². The Bertz CT molecular complexity index is 458. The molecule has 1 saturated heterocycles. The van der Waals surface area contributed by atoms with Crippen molar-refractivity contribution in [1.82, 2.24) is 4.90 Å². The van der Waals surface area contributed by atoms with Crippen molar-refractivity contribution in [2.24, 2.45) is 11.7 Å². The Morgan fingerprint density at radius 3 is 2.33 bits per heavy atom. The average molecular weight is 343 g/mol. The number of alkyl halides is 3. The van der Waals surface area contributed by atoms with Crippen LogP contribution >= 0.6 is 24.0 Å². The summed E-state index contributed by atoms with van der Waals surface area (Å²) in [4.78, 5) is 2.15. The van der Waals surface area contributed by atoms with Gasteiger partial charge >= 0.3 is 6.18 Å². The van der Waals surface area contributed by atoms with E-state index >= 15 is 0 Å². The summed E-state index contributed by atoms with van der Waals surface area (Å²) in [7, 11) is 0. The number of benzene rings is 1. The van der Waals surface area contributed by atoms with Crippen LogP contribution in [0.4, 0.5) is 13.2 Å². The molecule has 21 heavy (non-hydrogen) atoms. The summed E-state index contributed by atoms with van der Waals surface area (Å²) < 4.78 is 38.2. The van der Waals surface area contributed by atoms with E-state index in [-0.39, 0.29) is 17.4 Å². The van der Waals surface area contributed by atoms with Crippen LogP contribution in [0.15, 0.2) is 18.2 Å². The van der Waals surface area contributed by atoms with Gasteiger partial charge in [-0.2, -0.15) is 13.2 Å². The monoisotopic (exact) mass is 342 g/mol. The maximum absolute atomic E-state index is 12.7. The normalized spacial score (nSPS) is 17.6. The first-order valence-corrected chi connectivity index (χ1v) is 7.05. The molecular weight excluding hydrogens is 324 g/mol. The van der Waals surface area contributed by atoms with Crippen molar-refractivity contribution in [2.75, 3.05) is 19.6 Å². The molecule has 0 atom stereocenters. The molecule has 7 heteroatoms. The SMILES string of the molecule is Cl.NCC1CCN(Cc2cc(Cl)cc(C(F)(F)F)c2)CC1. The minimum Gasteiger partial charge on any atom is -0.330 e. The Balaban J connectivity index is 0.00000220. The molecule has 0 spiro atoms. The van der Waals surface area contributed by atoms with Crippen LogP contribution in [-0.2, 0) is 12.7 Å². The zero-order valence-electron chi connectivity index (χ0n) is 11.5. The second-order valence-corrected chi connectivity index (χ2v) is 5.74. The number of likely N-dealkylation sites (tertiary alicyclic amines) is 1. The van der Waals surface area contributed by atoms with Gasteiger partial charge in [0.2, 0.25) is 0 Å². The Morgan fingerprint density at radius 2 is 1.81 bits per heavy atom. The first-order valence-electron chi connectivity index (χ1n) is 6.67. The lowest BCUT2D eigenvalue weighted by molar-refractivity contribution is -0.137. The number of nitrogens with two attached hydrogens (primary N) is 1. The predicted octanol–water partition coefficient (Wildman–Crippen LogP) is 3.95. The molecule has 0 aliphatic carbocycles. The molecule has 2 nitrogen and oxygen atoms in total. The largest absolute Gasteiger partial charge is 0.416 e. The molecule has 0 radical (unpaired) electrons. The quantitative estimate of drug-likeness (QED) is 0.900. The summed E-state index contributed by atoms with van der Waals surface area (Å²) in [6, 6.07) is 3.75. The maximum Gasteiger partial charge on any atom is 0.416 e. The lowest BCUT2D eigenvalue weighted by Gasteiger charge is -2.31. The summed E-state index contributed by atoms with van der Waals surface area (Å²) in [5, 5.41) is 0.131. The molecule has 1 aromatic carbocycles. The predicted molar refractivity (Wildman–Crippen MR) is 80.8 cm³/mol. The zero-order chi connectivity index (χ0) is 14.8. The average Bonchev–Trinajstić information content (AvgIpc) is 2.38. The third-order valence-electron chi connectivity index (χ3n) is 3.73. The number of piperidine rings is 1. The maximum atomic E-state index is 12.7. The minimum absolute atomic E-state index is 0. The van der Waals surface area contributed by atoms with Crippen LogP contribution < -0.4 is 5.73 Å². The Morgan fingerprint density at radius 1 is 1.19 bits per heavy atom. The smallest absolute Gasteiger partial charge is 0.330 e. The molecule has 1 heterocycles. The van der Waals surface area contributed by atoms with E-state index in [1.807, 2.05) is 0 Å². The Labute approximate surface area is 133 Å². The van der Waals surface area contributed by atoms with Crippen LogP contribution in [0.5, 0.6) is 0 Å². The standard InChI is InChI=1S/C14H18ClF3N2.ClH/c15-13-6-11(5-12(7-13)14(16,17)18)9-20-3-1-10(8-19)2-4-20;/h5-7,10H,1-4,8-9,19H2;1H. The van der Waals surface area contributed by atoms with E-state index in [9.17, 15) is 13.2 Å². The Kier molecular flexibility index (Phi) is 6.78. The fraction of sp³-hybridized carbons (Fsp3) is 0.571. The van der Waals surface area contributed by atoms with Gasteiger partial charge in [0.25, 0.3) is 0 Å². The van der Waals surface area contributed by atoms with E-state index in [0.717, 1.165) is 32.0 Å². The first kappa shape index (κ1) is 18.6. The van der Waals surface area contributed by atoms with Crippen molar-refractivity contribution in [3.8, 4) is 0 Å². The van der Waals surface area contributed by atoms with Crippen LogP contribution in [0, 0.1) is 5.92 Å². The highest BCUT2D eigenvalue weighted by molar-refractivity contribution is 6.30. The van der Waals surface area contributed by atoms with E-state index in [2.05, 4.69) is 4.90 Å². The van der Waals surface area contributed by atoms with Crippen molar-refractivity contribution in [1.29, 1.82) is 0 Å². The molecule has 2 rings (SSSR count). The molecule has 0 aromatic heterocycles. The van der Waals surface area contributed by atoms with Gasteiger partial charge in [0.1, 0.15) is 0 Å². The number of rotatable bonds is 3. The fourth-order valence-electron chi connectivity index (χ4n) is 2.54. The van der Waals surface area contributed by atoms with E-state index in [1.165, 1.54) is 6.07 Å². The van der Waals surface area contributed by atoms with Gasteiger partial charge in [-0.3, -0.25) is 4.90 Å². The van der Waals surface area contributed by atoms with Crippen molar-refractivity contribution < 1.29 is 13.2 Å². The van der Waals surface area contributed by atoms with Crippen LogP contribution in [0.1, 0.15) is 24.0 Å². The molecule has 120 valence electrons. The van der Waals surface area contributed by atoms with Gasteiger partial charge in [-0.05, 0) is 62.2 Å². The van der Waals surface area contributed by atoms with Crippen molar-refractivity contribution in [2.45, 2.75) is 25.6 Å². The fourth-order valence-corrected chi connectivity index (χ4v) is 2.80. The van der Waals surface area contributed by atoms with Gasteiger partial charge in [0.05, 0.1) is 5.56 Å². The molecule has 0 unspecified atom stereocenters. The third-order valence-corrected chi connectivity index (χ3v) is 3.95. The van der Waals surface area contributed by atoms with Crippen molar-refractivity contribution in [3.05, 3.63) is 34.3 Å². The first-order chi connectivity index (χ1) is 9.38. The molecule has 0 amide bonds.